The molecule has 3 aromatic rings. The van der Waals surface area contributed by atoms with E-state index < -0.39 is 0 Å². The minimum atomic E-state index is 0.212. The number of hydrogen-bond donors (Lipinski definition) is 1. The molecule has 0 radical (unpaired) electrons. The summed E-state index contributed by atoms with van der Waals surface area (Å²) in [6.45, 7) is 9.37. The molecule has 152 valence electrons. The topological polar surface area (TPSA) is 12.0 Å². The molecule has 1 heterocycles. The summed E-state index contributed by atoms with van der Waals surface area (Å²) in [5, 5.41) is 6.48. The molecule has 2 heteroatoms. The highest BCUT2D eigenvalue weighted by molar-refractivity contribution is 7.15. The quantitative estimate of drug-likeness (QED) is 0.463. The average Bonchev–Trinajstić information content (AvgIpc) is 2.65. The maximum atomic E-state index is 3.81. The summed E-state index contributed by atoms with van der Waals surface area (Å²) in [6, 6.07) is 22.8. The first kappa shape index (κ1) is 20.6. The van der Waals surface area contributed by atoms with Crippen LogP contribution in [0.1, 0.15) is 51.7 Å². The van der Waals surface area contributed by atoms with E-state index in [4.69, 9.17) is 0 Å². The van der Waals surface area contributed by atoms with E-state index in [2.05, 4.69) is 103 Å². The van der Waals surface area contributed by atoms with Gasteiger partial charge in [-0.05, 0) is 98.1 Å². The second-order valence-electron chi connectivity index (χ2n) is 10.2. The van der Waals surface area contributed by atoms with Gasteiger partial charge in [-0.15, -0.1) is 9.24 Å². The summed E-state index contributed by atoms with van der Waals surface area (Å²) in [7, 11) is 2.79. The first-order chi connectivity index (χ1) is 13.7. The smallest absolute Gasteiger partial charge is 0.0132 e. The molecular formula is C27H34NP. The monoisotopic (exact) mass is 403 g/mol. The van der Waals surface area contributed by atoms with E-state index in [1.807, 2.05) is 0 Å². The Kier molecular flexibility index (Phi) is 5.58. The Morgan fingerprint density at radius 2 is 1.31 bits per heavy atom. The Balaban J connectivity index is 1.55. The normalized spacial score (nSPS) is 18.8. The molecule has 0 spiro atoms. The second-order valence-corrected chi connectivity index (χ2v) is 10.6. The van der Waals surface area contributed by atoms with Crippen LogP contribution in [-0.2, 0) is 12.6 Å². The maximum absolute atomic E-state index is 3.81. The molecule has 0 amide bonds. The van der Waals surface area contributed by atoms with Gasteiger partial charge in [-0.1, -0.05) is 54.6 Å². The van der Waals surface area contributed by atoms with Crippen LogP contribution in [0.5, 0.6) is 0 Å². The molecule has 1 nitrogen and oxygen atoms in total. The number of rotatable bonds is 4. The molecule has 0 bridgehead atoms. The third-order valence-corrected chi connectivity index (χ3v) is 6.70. The van der Waals surface area contributed by atoms with Crippen LogP contribution in [0.3, 0.4) is 0 Å². The van der Waals surface area contributed by atoms with Crippen LogP contribution in [0.2, 0.25) is 0 Å². The molecule has 1 atom stereocenters. The van der Waals surface area contributed by atoms with E-state index in [1.165, 1.54) is 52.3 Å². The molecule has 0 aromatic heterocycles. The SMILES string of the molecule is CC1(C)CC(Cc2ccc3cc(-c4ccc(CP)cc4)ccc3c2)CC(C)(C)N1. The van der Waals surface area contributed by atoms with Crippen molar-refractivity contribution < 1.29 is 0 Å². The first-order valence-electron chi connectivity index (χ1n) is 10.8. The number of hydrogen-bond acceptors (Lipinski definition) is 1. The van der Waals surface area contributed by atoms with E-state index in [0.29, 0.717) is 0 Å². The lowest BCUT2D eigenvalue weighted by atomic mass is 9.74. The van der Waals surface area contributed by atoms with Crippen LogP contribution in [0, 0.1) is 5.92 Å². The van der Waals surface area contributed by atoms with E-state index in [1.54, 1.807) is 0 Å². The van der Waals surface area contributed by atoms with E-state index in [-0.39, 0.29) is 11.1 Å². The second kappa shape index (κ2) is 7.86. The third kappa shape index (κ3) is 4.90. The van der Waals surface area contributed by atoms with Gasteiger partial charge in [0, 0.05) is 11.1 Å². The van der Waals surface area contributed by atoms with Crippen molar-refractivity contribution in [1.82, 2.24) is 5.32 Å². The predicted molar refractivity (Wildman–Crippen MR) is 131 cm³/mol. The fraction of sp³-hybridized carbons (Fsp3) is 0.407. The zero-order valence-electron chi connectivity index (χ0n) is 18.3. The van der Waals surface area contributed by atoms with Gasteiger partial charge in [-0.3, -0.25) is 0 Å². The Bertz CT molecular complexity index is 985. The fourth-order valence-corrected chi connectivity index (χ4v) is 5.72. The first-order valence-corrected chi connectivity index (χ1v) is 11.7. The van der Waals surface area contributed by atoms with Crippen molar-refractivity contribution in [3.8, 4) is 11.1 Å². The van der Waals surface area contributed by atoms with Gasteiger partial charge in [0.1, 0.15) is 0 Å². The van der Waals surface area contributed by atoms with Crippen LogP contribution in [0.15, 0.2) is 60.7 Å². The molecule has 1 N–H and O–H groups in total. The van der Waals surface area contributed by atoms with E-state index in [9.17, 15) is 0 Å². The zero-order valence-corrected chi connectivity index (χ0v) is 19.4. The van der Waals surface area contributed by atoms with Gasteiger partial charge in [0.25, 0.3) is 0 Å². The highest BCUT2D eigenvalue weighted by Gasteiger charge is 2.37. The summed E-state index contributed by atoms with van der Waals surface area (Å²) < 4.78 is 0. The molecule has 1 saturated heterocycles. The van der Waals surface area contributed by atoms with Gasteiger partial charge in [0.05, 0.1) is 0 Å². The van der Waals surface area contributed by atoms with Crippen LogP contribution >= 0.6 is 9.24 Å². The van der Waals surface area contributed by atoms with Gasteiger partial charge in [-0.25, -0.2) is 0 Å². The van der Waals surface area contributed by atoms with Gasteiger partial charge in [0.15, 0.2) is 0 Å². The van der Waals surface area contributed by atoms with Crippen LogP contribution < -0.4 is 5.32 Å². The summed E-state index contributed by atoms with van der Waals surface area (Å²) in [5.41, 5.74) is 5.83. The summed E-state index contributed by atoms with van der Waals surface area (Å²) in [6.07, 6.45) is 4.65. The van der Waals surface area contributed by atoms with Crippen LogP contribution in [-0.4, -0.2) is 11.1 Å². The molecule has 1 unspecified atom stereocenters. The Morgan fingerprint density at radius 3 is 1.97 bits per heavy atom. The Labute approximate surface area is 178 Å². The lowest BCUT2D eigenvalue weighted by Gasteiger charge is -2.46. The minimum absolute atomic E-state index is 0.212. The number of fused-ring (bicyclic) bond motifs is 1. The van der Waals surface area contributed by atoms with Gasteiger partial charge in [0.2, 0.25) is 0 Å². The average molecular weight is 404 g/mol. The van der Waals surface area contributed by atoms with Crippen molar-refractivity contribution in [3.63, 3.8) is 0 Å². The van der Waals surface area contributed by atoms with Gasteiger partial charge < -0.3 is 5.32 Å². The van der Waals surface area contributed by atoms with Gasteiger partial charge in [-0.2, -0.15) is 0 Å². The van der Waals surface area contributed by atoms with Crippen LogP contribution in [0.4, 0.5) is 0 Å². The summed E-state index contributed by atoms with van der Waals surface area (Å²) in [4.78, 5) is 0. The number of nitrogens with one attached hydrogen (secondary N) is 1. The van der Waals surface area contributed by atoms with Crippen molar-refractivity contribution in [2.75, 3.05) is 0 Å². The highest BCUT2D eigenvalue weighted by atomic mass is 31.0. The molecule has 29 heavy (non-hydrogen) atoms. The van der Waals surface area contributed by atoms with E-state index in [0.717, 1.165) is 12.1 Å². The molecule has 0 saturated carbocycles. The van der Waals surface area contributed by atoms with Crippen molar-refractivity contribution in [2.24, 2.45) is 5.92 Å². The lowest BCUT2D eigenvalue weighted by molar-refractivity contribution is 0.128. The molecular weight excluding hydrogens is 369 g/mol. The molecule has 3 aromatic carbocycles. The van der Waals surface area contributed by atoms with E-state index >= 15 is 0 Å². The standard InChI is InChI=1S/C27H34NP/c1-26(2)16-21(17-27(3,4)28-26)13-20-7-10-25-15-24(12-11-23(25)14-20)22-8-5-19(18-29)6-9-22/h5-12,14-15,21,28H,13,16-18,29H2,1-4H3. The zero-order chi connectivity index (χ0) is 20.6. The van der Waals surface area contributed by atoms with Crippen molar-refractivity contribution in [2.45, 2.75) is 64.2 Å². The van der Waals surface area contributed by atoms with Crippen molar-refractivity contribution >= 4 is 20.0 Å². The molecule has 1 aliphatic heterocycles. The fourth-order valence-electron chi connectivity index (χ4n) is 5.45. The lowest BCUT2D eigenvalue weighted by Crippen LogP contribution is -2.58. The predicted octanol–water partition coefficient (Wildman–Crippen LogP) is 6.98. The Morgan fingerprint density at radius 1 is 0.759 bits per heavy atom. The molecule has 1 fully saturated rings. The number of piperidine rings is 1. The van der Waals surface area contributed by atoms with Gasteiger partial charge >= 0.3 is 0 Å². The largest absolute Gasteiger partial charge is 0.307 e. The molecule has 0 aliphatic carbocycles. The van der Waals surface area contributed by atoms with Crippen molar-refractivity contribution in [1.29, 1.82) is 0 Å². The summed E-state index contributed by atoms with van der Waals surface area (Å²) in [5.74, 6) is 0.730. The summed E-state index contributed by atoms with van der Waals surface area (Å²) >= 11 is 0. The molecule has 1 aliphatic rings. The van der Waals surface area contributed by atoms with Crippen LogP contribution in [0.25, 0.3) is 21.9 Å². The third-order valence-electron chi connectivity index (χ3n) is 6.23. The molecule has 4 rings (SSSR count). The Hall–Kier alpha value is -1.69. The highest BCUT2D eigenvalue weighted by Crippen LogP contribution is 2.35. The minimum Gasteiger partial charge on any atom is -0.307 e. The number of benzene rings is 3. The van der Waals surface area contributed by atoms with Crippen molar-refractivity contribution in [3.05, 3.63) is 71.8 Å². The maximum Gasteiger partial charge on any atom is 0.0132 e.